The van der Waals surface area contributed by atoms with Crippen LogP contribution in [0.3, 0.4) is 0 Å². The summed E-state index contributed by atoms with van der Waals surface area (Å²) in [5, 5.41) is 6.39. The molecule has 0 saturated carbocycles. The van der Waals surface area contributed by atoms with Crippen LogP contribution in [0.1, 0.15) is 26.7 Å². The Morgan fingerprint density at radius 3 is 2.71 bits per heavy atom. The van der Waals surface area contributed by atoms with Gasteiger partial charge in [-0.1, -0.05) is 0 Å². The first-order valence-electron chi connectivity index (χ1n) is 6.58. The van der Waals surface area contributed by atoms with Gasteiger partial charge in [0.25, 0.3) is 0 Å². The van der Waals surface area contributed by atoms with Gasteiger partial charge < -0.3 is 20.1 Å². The summed E-state index contributed by atoms with van der Waals surface area (Å²) in [7, 11) is 0. The molecule has 0 aromatic heterocycles. The molecule has 1 aliphatic rings. The normalized spacial score (nSPS) is 19.1. The Labute approximate surface area is 104 Å². The lowest BCUT2D eigenvalue weighted by atomic mass is 10.3. The maximum absolute atomic E-state index is 5.67. The van der Waals surface area contributed by atoms with E-state index in [1.807, 2.05) is 0 Å². The molecule has 1 saturated heterocycles. The van der Waals surface area contributed by atoms with Crippen molar-refractivity contribution in [3.05, 3.63) is 0 Å². The molecular weight excluding hydrogens is 218 g/mol. The zero-order valence-electron chi connectivity index (χ0n) is 11.0. The van der Waals surface area contributed by atoms with Crippen molar-refractivity contribution in [3.63, 3.8) is 0 Å². The van der Waals surface area contributed by atoms with Crippen LogP contribution in [0.5, 0.6) is 0 Å². The van der Waals surface area contributed by atoms with Crippen molar-refractivity contribution in [1.82, 2.24) is 10.6 Å². The zero-order valence-corrected chi connectivity index (χ0v) is 11.0. The van der Waals surface area contributed by atoms with Crippen molar-refractivity contribution in [2.75, 3.05) is 39.5 Å². The van der Waals surface area contributed by atoms with Gasteiger partial charge in [0.2, 0.25) is 0 Å². The molecule has 1 atom stereocenters. The van der Waals surface area contributed by atoms with E-state index in [4.69, 9.17) is 9.47 Å². The van der Waals surface area contributed by atoms with E-state index in [9.17, 15) is 0 Å². The first-order valence-corrected chi connectivity index (χ1v) is 6.58. The van der Waals surface area contributed by atoms with Crippen LogP contribution in [0.4, 0.5) is 0 Å². The van der Waals surface area contributed by atoms with Gasteiger partial charge in [-0.05, 0) is 26.7 Å². The molecule has 0 bridgehead atoms. The van der Waals surface area contributed by atoms with Gasteiger partial charge in [-0.3, -0.25) is 4.99 Å². The quantitative estimate of drug-likeness (QED) is 0.394. The maximum atomic E-state index is 5.67. The third-order valence-electron chi connectivity index (χ3n) is 2.50. The summed E-state index contributed by atoms with van der Waals surface area (Å²) in [6, 6.07) is 0. The van der Waals surface area contributed by atoms with Crippen LogP contribution in [-0.4, -0.2) is 51.5 Å². The second-order valence-corrected chi connectivity index (χ2v) is 4.00. The molecule has 5 nitrogen and oxygen atoms in total. The minimum atomic E-state index is 0.306. The zero-order chi connectivity index (χ0) is 12.3. The van der Waals surface area contributed by atoms with Crippen LogP contribution in [-0.2, 0) is 9.47 Å². The van der Waals surface area contributed by atoms with Crippen LogP contribution in [0.15, 0.2) is 4.99 Å². The fourth-order valence-electron chi connectivity index (χ4n) is 1.66. The highest BCUT2D eigenvalue weighted by atomic mass is 16.5. The van der Waals surface area contributed by atoms with Crippen molar-refractivity contribution >= 4 is 5.96 Å². The van der Waals surface area contributed by atoms with E-state index >= 15 is 0 Å². The second-order valence-electron chi connectivity index (χ2n) is 4.00. The minimum Gasteiger partial charge on any atom is -0.379 e. The largest absolute Gasteiger partial charge is 0.379 e. The fraction of sp³-hybridized carbons (Fsp3) is 0.917. The molecule has 100 valence electrons. The number of nitrogens with zero attached hydrogens (tertiary/aromatic N) is 1. The summed E-state index contributed by atoms with van der Waals surface area (Å²) < 4.78 is 10.9. The van der Waals surface area contributed by atoms with Crippen molar-refractivity contribution in [2.24, 2.45) is 4.99 Å². The predicted octanol–water partition coefficient (Wildman–Crippen LogP) is 0.757. The van der Waals surface area contributed by atoms with Gasteiger partial charge >= 0.3 is 0 Å². The first-order chi connectivity index (χ1) is 8.36. The average molecular weight is 243 g/mol. The van der Waals surface area contributed by atoms with E-state index in [2.05, 4.69) is 29.5 Å². The highest BCUT2D eigenvalue weighted by molar-refractivity contribution is 5.79. The molecule has 0 aliphatic carbocycles. The number of hydrogen-bond acceptors (Lipinski definition) is 3. The molecule has 1 heterocycles. The van der Waals surface area contributed by atoms with Gasteiger partial charge in [-0.15, -0.1) is 0 Å². The lowest BCUT2D eigenvalue weighted by molar-refractivity contribution is 0.0424. The lowest BCUT2D eigenvalue weighted by Crippen LogP contribution is -2.37. The Morgan fingerprint density at radius 2 is 2.12 bits per heavy atom. The smallest absolute Gasteiger partial charge is 0.191 e. The molecular formula is C12H25N3O2. The monoisotopic (exact) mass is 243 g/mol. The molecule has 2 N–H and O–H groups in total. The van der Waals surface area contributed by atoms with Gasteiger partial charge in [-0.25, -0.2) is 0 Å². The second kappa shape index (κ2) is 9.24. The van der Waals surface area contributed by atoms with Crippen molar-refractivity contribution < 1.29 is 9.47 Å². The van der Waals surface area contributed by atoms with E-state index in [1.165, 1.54) is 0 Å². The van der Waals surface area contributed by atoms with Gasteiger partial charge in [0.15, 0.2) is 5.96 Å². The molecule has 1 rings (SSSR count). The lowest BCUT2D eigenvalue weighted by Gasteiger charge is -2.10. The highest BCUT2D eigenvalue weighted by Crippen LogP contribution is 2.07. The summed E-state index contributed by atoms with van der Waals surface area (Å²) in [6.07, 6.45) is 2.29. The molecule has 5 heteroatoms. The van der Waals surface area contributed by atoms with Crippen molar-refractivity contribution in [3.8, 4) is 0 Å². The van der Waals surface area contributed by atoms with E-state index in [-0.39, 0.29) is 0 Å². The summed E-state index contributed by atoms with van der Waals surface area (Å²) in [5.41, 5.74) is 0. The number of nitrogens with one attached hydrogen (secondary N) is 2. The molecule has 0 spiro atoms. The van der Waals surface area contributed by atoms with Gasteiger partial charge in [0.1, 0.15) is 0 Å². The summed E-state index contributed by atoms with van der Waals surface area (Å²) in [6.45, 7) is 9.07. The summed E-state index contributed by atoms with van der Waals surface area (Å²) in [5.74, 6) is 0.888. The summed E-state index contributed by atoms with van der Waals surface area (Å²) in [4.78, 5) is 4.45. The Kier molecular flexibility index (Phi) is 7.75. The molecule has 1 aliphatic heterocycles. The van der Waals surface area contributed by atoms with Gasteiger partial charge in [0, 0.05) is 32.8 Å². The standard InChI is InChI=1S/C12H25N3O2/c1-3-13-12(14-4-2)15-7-5-8-17-11-6-9-16-10-11/h11H,3-10H2,1-2H3,(H2,13,14,15). The molecule has 0 aromatic rings. The topological polar surface area (TPSA) is 54.9 Å². The Morgan fingerprint density at radius 1 is 1.35 bits per heavy atom. The van der Waals surface area contributed by atoms with E-state index in [1.54, 1.807) is 0 Å². The van der Waals surface area contributed by atoms with Crippen LogP contribution < -0.4 is 10.6 Å². The third kappa shape index (κ3) is 6.48. The SMILES string of the molecule is CCNC(=NCCCOC1CCOC1)NCC. The van der Waals surface area contributed by atoms with E-state index in [0.29, 0.717) is 6.10 Å². The summed E-state index contributed by atoms with van der Waals surface area (Å²) >= 11 is 0. The van der Waals surface area contributed by atoms with Crippen molar-refractivity contribution in [1.29, 1.82) is 0 Å². The molecule has 0 radical (unpaired) electrons. The third-order valence-corrected chi connectivity index (χ3v) is 2.50. The number of aliphatic imine (C=N–C) groups is 1. The predicted molar refractivity (Wildman–Crippen MR) is 69.4 cm³/mol. The van der Waals surface area contributed by atoms with Gasteiger partial charge in [-0.2, -0.15) is 0 Å². The first kappa shape index (κ1) is 14.3. The number of hydrogen-bond donors (Lipinski definition) is 2. The molecule has 1 unspecified atom stereocenters. The average Bonchev–Trinajstić information content (AvgIpc) is 2.82. The minimum absolute atomic E-state index is 0.306. The van der Waals surface area contributed by atoms with Crippen LogP contribution in [0, 0.1) is 0 Å². The fourth-order valence-corrected chi connectivity index (χ4v) is 1.66. The molecule has 17 heavy (non-hydrogen) atoms. The van der Waals surface area contributed by atoms with Crippen molar-refractivity contribution in [2.45, 2.75) is 32.8 Å². The number of rotatable bonds is 7. The maximum Gasteiger partial charge on any atom is 0.191 e. The molecule has 1 fully saturated rings. The Bertz CT molecular complexity index is 208. The Balaban J connectivity index is 2.05. The van der Waals surface area contributed by atoms with E-state index < -0.39 is 0 Å². The van der Waals surface area contributed by atoms with Crippen LogP contribution in [0.25, 0.3) is 0 Å². The van der Waals surface area contributed by atoms with Crippen LogP contribution >= 0.6 is 0 Å². The van der Waals surface area contributed by atoms with Gasteiger partial charge in [0.05, 0.1) is 12.7 Å². The number of guanidine groups is 1. The molecule has 0 amide bonds. The van der Waals surface area contributed by atoms with E-state index in [0.717, 1.165) is 58.3 Å². The number of ether oxygens (including phenoxy) is 2. The Hall–Kier alpha value is -0.810. The van der Waals surface area contributed by atoms with Crippen LogP contribution in [0.2, 0.25) is 0 Å². The highest BCUT2D eigenvalue weighted by Gasteiger charge is 2.15. The molecule has 0 aromatic carbocycles.